The molecule has 0 radical (unpaired) electrons. The fraction of sp³-hybridized carbons (Fsp3) is 0.692. The summed E-state index contributed by atoms with van der Waals surface area (Å²) in [5.74, 6) is 0.0911. The van der Waals surface area contributed by atoms with E-state index in [4.69, 9.17) is 0 Å². The first-order chi connectivity index (χ1) is 22.5. The van der Waals surface area contributed by atoms with Crippen molar-refractivity contribution in [3.8, 4) is 0 Å². The Bertz CT molecular complexity index is 881. The van der Waals surface area contributed by atoms with Crippen LogP contribution in [0, 0.1) is 0 Å². The Morgan fingerprint density at radius 2 is 1.33 bits per heavy atom. The highest BCUT2D eigenvalue weighted by Gasteiger charge is 2.27. The standard InChI is InChI=1S/C22H37N3O.C4H5F3.C4H8O2.C3H8.3C2H6/c1-7-21(23-16-20-12-10-9-11-13-20)14-15-22(26)25(8-2)17-18(3)19(4)24(5)6;1-3(2)4(5,6)7;1-3-4(5)6-2;1-3-2;3*1-2/h9-13,21,23H,7-8,14-17H2,1-6H3;1H2,2H3;3H2,1-2H3;3H2,1-2H3;3*1-2H3/b19-18+;;;;;;. The smallest absolute Gasteiger partial charge is 0.411 e. The number of rotatable bonds is 12. The number of alkyl halides is 3. The van der Waals surface area contributed by atoms with Gasteiger partial charge in [0.15, 0.2) is 0 Å². The first kappa shape index (κ1) is 57.5. The third-order valence-electron chi connectivity index (χ3n) is 6.09. The minimum Gasteiger partial charge on any atom is -0.469 e. The Labute approximate surface area is 295 Å². The summed E-state index contributed by atoms with van der Waals surface area (Å²) in [7, 11) is 5.47. The topological polar surface area (TPSA) is 61.9 Å². The number of hydrogen-bond donors (Lipinski definition) is 1. The van der Waals surface area contributed by atoms with E-state index in [0.29, 0.717) is 25.4 Å². The normalized spacial score (nSPS) is 10.5. The second kappa shape index (κ2) is 40.4. The second-order valence-electron chi connectivity index (χ2n) is 10.1. The van der Waals surface area contributed by atoms with Crippen LogP contribution in [0.25, 0.3) is 0 Å². The molecule has 1 N–H and O–H groups in total. The number of carbonyl (C=O) groups is 2. The van der Waals surface area contributed by atoms with E-state index in [1.165, 1.54) is 30.4 Å². The van der Waals surface area contributed by atoms with Gasteiger partial charge in [-0.05, 0) is 51.7 Å². The maximum atomic E-state index is 12.7. The molecule has 0 heterocycles. The molecule has 0 aliphatic rings. The predicted octanol–water partition coefficient (Wildman–Crippen LogP) is 11.2. The fourth-order valence-electron chi connectivity index (χ4n) is 3.07. The van der Waals surface area contributed by atoms with Crippen molar-refractivity contribution < 1.29 is 27.5 Å². The Morgan fingerprint density at radius 1 is 0.896 bits per heavy atom. The zero-order valence-corrected chi connectivity index (χ0v) is 34.1. The van der Waals surface area contributed by atoms with E-state index in [0.717, 1.165) is 32.9 Å². The lowest BCUT2D eigenvalue weighted by atomic mass is 10.1. The highest BCUT2D eigenvalue weighted by atomic mass is 19.4. The highest BCUT2D eigenvalue weighted by Crippen LogP contribution is 2.22. The summed E-state index contributed by atoms with van der Waals surface area (Å²) in [6, 6.07) is 10.8. The highest BCUT2D eigenvalue weighted by molar-refractivity contribution is 5.76. The number of amides is 1. The largest absolute Gasteiger partial charge is 0.469 e. The molecule has 0 aromatic heterocycles. The van der Waals surface area contributed by atoms with Crippen LogP contribution in [0.2, 0.25) is 0 Å². The van der Waals surface area contributed by atoms with Crippen LogP contribution in [0.5, 0.6) is 0 Å². The molecule has 1 atom stereocenters. The molecule has 0 aliphatic heterocycles. The number of carbonyl (C=O) groups excluding carboxylic acids is 2. The molecule has 1 amide bonds. The van der Waals surface area contributed by atoms with Gasteiger partial charge in [-0.2, -0.15) is 13.2 Å². The number of halogens is 3. The van der Waals surface area contributed by atoms with E-state index >= 15 is 0 Å². The molecular formula is C39H76F3N3O3. The third-order valence-corrected chi connectivity index (χ3v) is 6.09. The van der Waals surface area contributed by atoms with Crippen molar-refractivity contribution in [2.45, 2.75) is 148 Å². The molecule has 0 fully saturated rings. The van der Waals surface area contributed by atoms with Crippen LogP contribution in [0.15, 0.2) is 53.8 Å². The van der Waals surface area contributed by atoms with Gasteiger partial charge in [-0.15, -0.1) is 0 Å². The van der Waals surface area contributed by atoms with Crippen molar-refractivity contribution in [3.05, 3.63) is 59.3 Å². The summed E-state index contributed by atoms with van der Waals surface area (Å²) < 4.78 is 37.5. The minimum atomic E-state index is -4.19. The fourth-order valence-corrected chi connectivity index (χ4v) is 3.07. The molecule has 48 heavy (non-hydrogen) atoms. The molecule has 0 saturated heterocycles. The molecular weight excluding hydrogens is 615 g/mol. The summed E-state index contributed by atoms with van der Waals surface area (Å²) >= 11 is 0. The Morgan fingerprint density at radius 3 is 1.62 bits per heavy atom. The summed E-state index contributed by atoms with van der Waals surface area (Å²) in [4.78, 5) is 26.7. The molecule has 0 spiro atoms. The molecule has 0 saturated carbocycles. The molecule has 286 valence electrons. The quantitative estimate of drug-likeness (QED) is 0.175. The molecule has 1 unspecified atom stereocenters. The van der Waals surface area contributed by atoms with Gasteiger partial charge in [0, 0.05) is 63.9 Å². The van der Waals surface area contributed by atoms with Crippen molar-refractivity contribution in [2.24, 2.45) is 0 Å². The van der Waals surface area contributed by atoms with Crippen LogP contribution in [0.3, 0.4) is 0 Å². The van der Waals surface area contributed by atoms with Crippen LogP contribution in [-0.2, 0) is 20.9 Å². The van der Waals surface area contributed by atoms with Gasteiger partial charge >= 0.3 is 12.1 Å². The molecule has 1 rings (SSSR count). The number of nitrogens with zero attached hydrogens (tertiary/aromatic N) is 2. The van der Waals surface area contributed by atoms with E-state index in [1.54, 1.807) is 6.92 Å². The monoisotopic (exact) mass is 692 g/mol. The van der Waals surface area contributed by atoms with Gasteiger partial charge in [0.25, 0.3) is 0 Å². The van der Waals surface area contributed by atoms with Gasteiger partial charge < -0.3 is 19.9 Å². The first-order valence-corrected chi connectivity index (χ1v) is 17.7. The zero-order chi connectivity index (χ0) is 39.3. The lowest BCUT2D eigenvalue weighted by Crippen LogP contribution is -2.35. The van der Waals surface area contributed by atoms with Crippen molar-refractivity contribution in [2.75, 3.05) is 34.3 Å². The van der Waals surface area contributed by atoms with Crippen LogP contribution >= 0.6 is 0 Å². The Kier molecular flexibility index (Phi) is 48.3. The van der Waals surface area contributed by atoms with Crippen molar-refractivity contribution >= 4 is 11.9 Å². The lowest BCUT2D eigenvalue weighted by Gasteiger charge is -2.25. The Hall–Kier alpha value is -2.81. The molecule has 9 heteroatoms. The van der Waals surface area contributed by atoms with Gasteiger partial charge in [0.05, 0.1) is 7.11 Å². The van der Waals surface area contributed by atoms with E-state index in [9.17, 15) is 22.8 Å². The van der Waals surface area contributed by atoms with Crippen molar-refractivity contribution in [1.82, 2.24) is 15.1 Å². The summed E-state index contributed by atoms with van der Waals surface area (Å²) in [5, 5.41) is 3.59. The molecule has 1 aromatic carbocycles. The summed E-state index contributed by atoms with van der Waals surface area (Å²) in [6.07, 6.45) is 0.0396. The van der Waals surface area contributed by atoms with E-state index in [-0.39, 0.29) is 11.9 Å². The second-order valence-corrected chi connectivity index (χ2v) is 10.1. The number of hydrogen-bond acceptors (Lipinski definition) is 5. The number of methoxy groups -OCH3 is 1. The van der Waals surface area contributed by atoms with Crippen LogP contribution in [-0.4, -0.2) is 68.2 Å². The first-order valence-electron chi connectivity index (χ1n) is 17.7. The maximum absolute atomic E-state index is 12.7. The van der Waals surface area contributed by atoms with Gasteiger partial charge in [-0.1, -0.05) is 113 Å². The van der Waals surface area contributed by atoms with E-state index in [1.807, 2.05) is 66.6 Å². The number of nitrogens with one attached hydrogen (secondary N) is 1. The van der Waals surface area contributed by atoms with Crippen LogP contribution in [0.4, 0.5) is 13.2 Å². The average molecular weight is 692 g/mol. The minimum absolute atomic E-state index is 0.157. The van der Waals surface area contributed by atoms with Gasteiger partial charge in [0.2, 0.25) is 5.91 Å². The van der Waals surface area contributed by atoms with Gasteiger partial charge in [-0.3, -0.25) is 9.59 Å². The molecule has 0 bridgehead atoms. The van der Waals surface area contributed by atoms with E-state index in [2.05, 4.69) is 87.3 Å². The summed E-state index contributed by atoms with van der Waals surface area (Å²) in [5.41, 5.74) is 3.01. The number of benzene rings is 1. The number of likely N-dealkylation sites (N-methyl/N-ethyl adjacent to an activating group) is 1. The SMILES string of the molecule is C=C(C)C(F)(F)F.CC.CC.CC.CCC.CCC(=O)OC.CCC(CCC(=O)N(CC)C/C(C)=C(\C)N(C)C)NCc1ccccc1. The number of ether oxygens (including phenoxy) is 1. The average Bonchev–Trinajstić information content (AvgIpc) is 3.09. The summed E-state index contributed by atoms with van der Waals surface area (Å²) in [6.45, 7) is 32.4. The number of allylic oxidation sites excluding steroid dienone is 2. The van der Waals surface area contributed by atoms with Crippen molar-refractivity contribution in [3.63, 3.8) is 0 Å². The predicted molar refractivity (Wildman–Crippen MR) is 204 cm³/mol. The van der Waals surface area contributed by atoms with Crippen molar-refractivity contribution in [1.29, 1.82) is 0 Å². The zero-order valence-electron chi connectivity index (χ0n) is 34.1. The Balaban J connectivity index is -0.000000163. The van der Waals surface area contributed by atoms with Crippen LogP contribution in [0.1, 0.15) is 135 Å². The third kappa shape index (κ3) is 37.6. The molecule has 6 nitrogen and oxygen atoms in total. The lowest BCUT2D eigenvalue weighted by molar-refractivity contribution is -0.140. The van der Waals surface area contributed by atoms with Gasteiger partial charge in [0.1, 0.15) is 0 Å². The van der Waals surface area contributed by atoms with Crippen LogP contribution < -0.4 is 5.32 Å². The molecule has 1 aromatic rings. The number of esters is 1. The maximum Gasteiger partial charge on any atom is 0.411 e. The van der Waals surface area contributed by atoms with Gasteiger partial charge in [-0.25, -0.2) is 0 Å². The van der Waals surface area contributed by atoms with E-state index < -0.39 is 11.7 Å². The molecule has 0 aliphatic carbocycles.